The fourth-order valence-electron chi connectivity index (χ4n) is 3.58. The van der Waals surface area contributed by atoms with E-state index in [9.17, 15) is 4.79 Å². The lowest BCUT2D eigenvalue weighted by molar-refractivity contribution is -0.139. The number of piperidine rings is 2. The van der Waals surface area contributed by atoms with Gasteiger partial charge in [-0.3, -0.25) is 4.79 Å². The molecule has 5 nitrogen and oxygen atoms in total. The molecule has 2 saturated heterocycles. The van der Waals surface area contributed by atoms with Gasteiger partial charge in [0, 0.05) is 37.9 Å². The minimum Gasteiger partial charge on any atom is -0.340 e. The molecule has 0 aromatic carbocycles. The number of carbonyl (C=O) groups is 1. The molecule has 3 rings (SSSR count). The van der Waals surface area contributed by atoms with Gasteiger partial charge in [-0.05, 0) is 44.7 Å². The molecule has 1 amide bonds. The Hall–Kier alpha value is -1.36. The molecule has 110 valence electrons. The average Bonchev–Trinajstić information content (AvgIpc) is 2.98. The number of nitrogens with zero attached hydrogens (tertiary/aromatic N) is 3. The molecule has 1 spiro atoms. The Morgan fingerprint density at radius 3 is 2.90 bits per heavy atom. The number of carbonyl (C=O) groups excluding carboxylic acids is 1. The lowest BCUT2D eigenvalue weighted by Crippen LogP contribution is -2.51. The first kappa shape index (κ1) is 13.6. The van der Waals surface area contributed by atoms with Crippen LogP contribution >= 0.6 is 0 Å². The molecular weight excluding hydrogens is 252 g/mol. The first-order valence-corrected chi connectivity index (χ1v) is 7.64. The van der Waals surface area contributed by atoms with Crippen LogP contribution < -0.4 is 5.32 Å². The van der Waals surface area contributed by atoms with Gasteiger partial charge in [0.25, 0.3) is 0 Å². The van der Waals surface area contributed by atoms with Gasteiger partial charge < -0.3 is 14.8 Å². The van der Waals surface area contributed by atoms with Crippen LogP contribution in [0.25, 0.3) is 0 Å². The Kier molecular flexibility index (Phi) is 3.78. The van der Waals surface area contributed by atoms with Gasteiger partial charge >= 0.3 is 0 Å². The van der Waals surface area contributed by atoms with E-state index in [-0.39, 0.29) is 0 Å². The summed E-state index contributed by atoms with van der Waals surface area (Å²) in [6.07, 6.45) is 9.80. The van der Waals surface area contributed by atoms with E-state index in [1.807, 2.05) is 12.5 Å². The first-order chi connectivity index (χ1) is 9.69. The topological polar surface area (TPSA) is 50.2 Å². The van der Waals surface area contributed by atoms with E-state index in [1.165, 1.54) is 12.8 Å². The summed E-state index contributed by atoms with van der Waals surface area (Å²) >= 11 is 0. The fourth-order valence-corrected chi connectivity index (χ4v) is 3.58. The quantitative estimate of drug-likeness (QED) is 0.909. The van der Waals surface area contributed by atoms with Crippen LogP contribution in [0.15, 0.2) is 18.7 Å². The van der Waals surface area contributed by atoms with Gasteiger partial charge in [0.2, 0.25) is 5.91 Å². The molecule has 20 heavy (non-hydrogen) atoms. The zero-order valence-electron chi connectivity index (χ0n) is 12.2. The molecule has 3 heterocycles. The predicted molar refractivity (Wildman–Crippen MR) is 77.3 cm³/mol. The highest BCUT2D eigenvalue weighted by Gasteiger charge is 2.39. The third-order valence-electron chi connectivity index (χ3n) is 4.93. The number of imidazole rings is 1. The van der Waals surface area contributed by atoms with Crippen LogP contribution in [-0.2, 0) is 4.79 Å². The molecule has 5 heteroatoms. The summed E-state index contributed by atoms with van der Waals surface area (Å²) in [6.45, 7) is 6.08. The van der Waals surface area contributed by atoms with Crippen LogP contribution in [-0.4, -0.2) is 46.5 Å². The molecule has 2 aliphatic heterocycles. The van der Waals surface area contributed by atoms with Crippen molar-refractivity contribution in [2.75, 3.05) is 26.2 Å². The molecule has 1 aromatic rings. The number of amides is 1. The van der Waals surface area contributed by atoms with Crippen LogP contribution in [0.5, 0.6) is 0 Å². The summed E-state index contributed by atoms with van der Waals surface area (Å²) in [5.41, 5.74) is 0.369. The highest BCUT2D eigenvalue weighted by Crippen LogP contribution is 2.38. The van der Waals surface area contributed by atoms with Crippen molar-refractivity contribution in [3.63, 3.8) is 0 Å². The Morgan fingerprint density at radius 1 is 1.40 bits per heavy atom. The van der Waals surface area contributed by atoms with Gasteiger partial charge in [-0.2, -0.15) is 0 Å². The predicted octanol–water partition coefficient (Wildman–Crippen LogP) is 1.44. The van der Waals surface area contributed by atoms with E-state index >= 15 is 0 Å². The normalized spacial score (nSPS) is 24.1. The second-order valence-corrected chi connectivity index (χ2v) is 6.38. The maximum absolute atomic E-state index is 12.2. The molecule has 0 bridgehead atoms. The van der Waals surface area contributed by atoms with E-state index in [2.05, 4.69) is 26.7 Å². The Balaban J connectivity index is 1.66. The zero-order valence-corrected chi connectivity index (χ0v) is 12.2. The molecule has 1 atom stereocenters. The van der Waals surface area contributed by atoms with Crippen molar-refractivity contribution in [2.45, 2.75) is 38.6 Å². The minimum atomic E-state index is 0.290. The van der Waals surface area contributed by atoms with Crippen molar-refractivity contribution in [1.29, 1.82) is 0 Å². The van der Waals surface area contributed by atoms with Crippen LogP contribution in [0.2, 0.25) is 0 Å². The van der Waals surface area contributed by atoms with Crippen LogP contribution in [0.3, 0.4) is 0 Å². The van der Waals surface area contributed by atoms with E-state index in [0.717, 1.165) is 39.0 Å². The van der Waals surface area contributed by atoms with Crippen LogP contribution in [0.4, 0.5) is 0 Å². The van der Waals surface area contributed by atoms with Crippen molar-refractivity contribution < 1.29 is 4.79 Å². The highest BCUT2D eigenvalue weighted by atomic mass is 16.2. The Labute approximate surface area is 120 Å². The minimum absolute atomic E-state index is 0.290. The summed E-state index contributed by atoms with van der Waals surface area (Å²) in [7, 11) is 0. The van der Waals surface area contributed by atoms with Crippen molar-refractivity contribution >= 4 is 5.91 Å². The fraction of sp³-hybridized carbons (Fsp3) is 0.733. The van der Waals surface area contributed by atoms with Crippen molar-refractivity contribution in [3.8, 4) is 0 Å². The molecule has 1 aromatic heterocycles. The van der Waals surface area contributed by atoms with Crippen LogP contribution in [0, 0.1) is 5.41 Å². The molecule has 2 fully saturated rings. The van der Waals surface area contributed by atoms with Gasteiger partial charge in [0.1, 0.15) is 0 Å². The van der Waals surface area contributed by atoms with Crippen molar-refractivity contribution in [1.82, 2.24) is 19.8 Å². The van der Waals surface area contributed by atoms with Crippen molar-refractivity contribution in [2.24, 2.45) is 5.41 Å². The van der Waals surface area contributed by atoms with Crippen LogP contribution in [0.1, 0.15) is 38.6 Å². The largest absolute Gasteiger partial charge is 0.340 e. The second-order valence-electron chi connectivity index (χ2n) is 6.38. The smallest absolute Gasteiger partial charge is 0.222 e. The lowest BCUT2D eigenvalue weighted by atomic mass is 9.72. The third kappa shape index (κ3) is 2.73. The van der Waals surface area contributed by atoms with Gasteiger partial charge in [-0.15, -0.1) is 0 Å². The average molecular weight is 276 g/mol. The van der Waals surface area contributed by atoms with E-state index in [0.29, 0.717) is 17.4 Å². The molecule has 0 saturated carbocycles. The summed E-state index contributed by atoms with van der Waals surface area (Å²) in [6, 6.07) is 0.290. The maximum atomic E-state index is 12.2. The van der Waals surface area contributed by atoms with E-state index in [4.69, 9.17) is 0 Å². The highest BCUT2D eigenvalue weighted by molar-refractivity contribution is 5.77. The van der Waals surface area contributed by atoms with Gasteiger partial charge in [-0.25, -0.2) is 4.98 Å². The molecule has 1 N–H and O–H groups in total. The summed E-state index contributed by atoms with van der Waals surface area (Å²) in [5, 5.41) is 3.43. The Bertz CT molecular complexity index is 450. The molecule has 2 aliphatic rings. The SMILES string of the molecule is C[C@@H](CN1CC2(CCNCC2)CCC1=O)n1ccnc1. The molecule has 0 unspecified atom stereocenters. The number of nitrogens with one attached hydrogen (secondary N) is 1. The molecular formula is C15H24N4O. The van der Waals surface area contributed by atoms with Gasteiger partial charge in [0.15, 0.2) is 0 Å². The van der Waals surface area contributed by atoms with E-state index < -0.39 is 0 Å². The van der Waals surface area contributed by atoms with Crippen molar-refractivity contribution in [3.05, 3.63) is 18.7 Å². The standard InChI is InChI=1S/C15H24N4O/c1-13(18-9-8-17-12-18)10-19-11-15(3-2-14(19)20)4-6-16-7-5-15/h8-9,12-13,16H,2-7,10-11H2,1H3/t13-/m0/s1. The number of likely N-dealkylation sites (tertiary alicyclic amines) is 1. The van der Waals surface area contributed by atoms with E-state index in [1.54, 1.807) is 6.20 Å². The summed E-state index contributed by atoms with van der Waals surface area (Å²) < 4.78 is 2.08. The zero-order chi connectivity index (χ0) is 14.0. The summed E-state index contributed by atoms with van der Waals surface area (Å²) in [5.74, 6) is 0.320. The number of hydrogen-bond donors (Lipinski definition) is 1. The summed E-state index contributed by atoms with van der Waals surface area (Å²) in [4.78, 5) is 18.4. The third-order valence-corrected chi connectivity index (χ3v) is 4.93. The Morgan fingerprint density at radius 2 is 2.20 bits per heavy atom. The second kappa shape index (κ2) is 5.56. The first-order valence-electron chi connectivity index (χ1n) is 7.64. The van der Waals surface area contributed by atoms with Gasteiger partial charge in [0.05, 0.1) is 6.33 Å². The number of hydrogen-bond acceptors (Lipinski definition) is 3. The van der Waals surface area contributed by atoms with Gasteiger partial charge in [-0.1, -0.05) is 0 Å². The molecule has 0 aliphatic carbocycles. The number of rotatable bonds is 3. The monoisotopic (exact) mass is 276 g/mol. The lowest BCUT2D eigenvalue weighted by Gasteiger charge is -2.45. The maximum Gasteiger partial charge on any atom is 0.222 e. The number of aromatic nitrogens is 2. The molecule has 0 radical (unpaired) electrons.